The molecule has 5 rings (SSSR count). The van der Waals surface area contributed by atoms with Crippen molar-refractivity contribution in [2.75, 3.05) is 0 Å². The molecule has 1 N–H and O–H groups in total. The number of hydrogen-bond donors (Lipinski definition) is 1. The number of rotatable bonds is 10. The van der Waals surface area contributed by atoms with E-state index >= 15 is 0 Å². The van der Waals surface area contributed by atoms with Gasteiger partial charge in [0.25, 0.3) is 0 Å². The smallest absolute Gasteiger partial charge is 0.0650 e. The van der Waals surface area contributed by atoms with Gasteiger partial charge in [0, 0.05) is 17.3 Å². The largest absolute Gasteiger partial charge is 0.380 e. The third kappa shape index (κ3) is 8.80. The van der Waals surface area contributed by atoms with Crippen LogP contribution in [0.3, 0.4) is 0 Å². The lowest BCUT2D eigenvalue weighted by Gasteiger charge is -2.17. The van der Waals surface area contributed by atoms with E-state index in [9.17, 15) is 0 Å². The third-order valence-corrected chi connectivity index (χ3v) is 8.15. The molecule has 0 saturated carbocycles. The van der Waals surface area contributed by atoms with Gasteiger partial charge in [-0.05, 0) is 78.7 Å². The van der Waals surface area contributed by atoms with E-state index in [4.69, 9.17) is 16.6 Å². The molecule has 0 saturated heterocycles. The summed E-state index contributed by atoms with van der Waals surface area (Å²) in [6, 6.07) is 38.1. The molecule has 2 nitrogen and oxygen atoms in total. The number of allylic oxidation sites excluding steroid dienone is 7. The van der Waals surface area contributed by atoms with Crippen LogP contribution in [-0.2, 0) is 13.1 Å². The molecule has 3 heteroatoms. The van der Waals surface area contributed by atoms with Crippen molar-refractivity contribution >= 4 is 23.0 Å². The summed E-state index contributed by atoms with van der Waals surface area (Å²) >= 11 is 7.07. The fourth-order valence-electron chi connectivity index (χ4n) is 5.08. The van der Waals surface area contributed by atoms with E-state index in [-0.39, 0.29) is 0 Å². The van der Waals surface area contributed by atoms with Gasteiger partial charge in [-0.1, -0.05) is 144 Å². The highest BCUT2D eigenvalue weighted by Gasteiger charge is 2.14. The van der Waals surface area contributed by atoms with Crippen molar-refractivity contribution < 1.29 is 0 Å². The van der Waals surface area contributed by atoms with Crippen LogP contribution in [-0.4, -0.2) is 5.71 Å². The first-order valence-electron chi connectivity index (χ1n) is 15.0. The van der Waals surface area contributed by atoms with Crippen LogP contribution in [0.1, 0.15) is 52.6 Å². The van der Waals surface area contributed by atoms with Gasteiger partial charge in [-0.3, -0.25) is 4.99 Å². The molecule has 0 heterocycles. The van der Waals surface area contributed by atoms with E-state index < -0.39 is 0 Å². The van der Waals surface area contributed by atoms with Gasteiger partial charge in [0.2, 0.25) is 0 Å². The molecule has 0 radical (unpaired) electrons. The summed E-state index contributed by atoms with van der Waals surface area (Å²) in [5.74, 6) is 0. The topological polar surface area (TPSA) is 24.4 Å². The van der Waals surface area contributed by atoms with Crippen molar-refractivity contribution in [1.29, 1.82) is 0 Å². The zero-order valence-corrected chi connectivity index (χ0v) is 25.8. The number of nitrogens with zero attached hydrogens (tertiary/aromatic N) is 1. The highest BCUT2D eigenvalue weighted by molar-refractivity contribution is 6.32. The van der Waals surface area contributed by atoms with Gasteiger partial charge in [0.05, 0.1) is 12.3 Å². The second kappa shape index (κ2) is 15.2. The van der Waals surface area contributed by atoms with E-state index in [2.05, 4.69) is 141 Å². The summed E-state index contributed by atoms with van der Waals surface area (Å²) in [6.45, 7) is 5.61. The molecule has 1 aliphatic carbocycles. The first kappa shape index (κ1) is 30.1. The Labute approximate surface area is 261 Å². The highest BCUT2D eigenvalue weighted by Crippen LogP contribution is 2.33. The van der Waals surface area contributed by atoms with E-state index in [1.54, 1.807) is 0 Å². The van der Waals surface area contributed by atoms with Gasteiger partial charge < -0.3 is 5.32 Å². The van der Waals surface area contributed by atoms with Crippen molar-refractivity contribution in [2.45, 2.75) is 46.2 Å². The lowest BCUT2D eigenvalue weighted by Crippen LogP contribution is -2.12. The predicted molar refractivity (Wildman–Crippen MR) is 184 cm³/mol. The Hall–Kier alpha value is -4.40. The van der Waals surface area contributed by atoms with Crippen LogP contribution >= 0.6 is 11.6 Å². The summed E-state index contributed by atoms with van der Waals surface area (Å²) in [6.07, 6.45) is 11.6. The van der Waals surface area contributed by atoms with Crippen LogP contribution in [0.4, 0.5) is 0 Å². The Bertz CT molecular complexity index is 1640. The number of benzene rings is 4. The van der Waals surface area contributed by atoms with Gasteiger partial charge in [0.1, 0.15) is 0 Å². The van der Waals surface area contributed by atoms with E-state index in [0.29, 0.717) is 6.54 Å². The van der Waals surface area contributed by atoms with Crippen molar-refractivity contribution in [3.05, 3.63) is 183 Å². The molecule has 0 bridgehead atoms. The zero-order valence-electron chi connectivity index (χ0n) is 25.1. The molecule has 43 heavy (non-hydrogen) atoms. The molecule has 216 valence electrons. The van der Waals surface area contributed by atoms with Gasteiger partial charge in [-0.15, -0.1) is 0 Å². The molecular formula is C40H39ClN2. The lowest BCUT2D eigenvalue weighted by molar-refractivity contribution is 0.792. The third-order valence-electron chi connectivity index (χ3n) is 7.66. The van der Waals surface area contributed by atoms with Crippen LogP contribution < -0.4 is 5.32 Å². The van der Waals surface area contributed by atoms with Crippen molar-refractivity contribution in [3.63, 3.8) is 0 Å². The average molecular weight is 583 g/mol. The van der Waals surface area contributed by atoms with Crippen molar-refractivity contribution in [3.8, 4) is 0 Å². The van der Waals surface area contributed by atoms with E-state index in [1.807, 2.05) is 12.1 Å². The first-order valence-corrected chi connectivity index (χ1v) is 15.4. The number of nitrogens with one attached hydrogen (secondary N) is 1. The Kier molecular flexibility index (Phi) is 10.6. The van der Waals surface area contributed by atoms with Crippen molar-refractivity contribution in [1.82, 2.24) is 5.32 Å². The Morgan fingerprint density at radius 2 is 1.35 bits per heavy atom. The molecule has 0 spiro atoms. The number of aryl methyl sites for hydroxylation is 2. The minimum Gasteiger partial charge on any atom is -0.380 e. The molecule has 4 aromatic carbocycles. The monoisotopic (exact) mass is 582 g/mol. The molecule has 0 aromatic heterocycles. The summed E-state index contributed by atoms with van der Waals surface area (Å²) < 4.78 is 0. The lowest BCUT2D eigenvalue weighted by atomic mass is 9.93. The van der Waals surface area contributed by atoms with Gasteiger partial charge >= 0.3 is 0 Å². The van der Waals surface area contributed by atoms with Crippen LogP contribution in [0.2, 0.25) is 0 Å². The average Bonchev–Trinajstić information content (AvgIpc) is 3.04. The fourth-order valence-corrected chi connectivity index (χ4v) is 5.39. The molecule has 0 aliphatic heterocycles. The van der Waals surface area contributed by atoms with Crippen LogP contribution in [0.15, 0.2) is 155 Å². The van der Waals surface area contributed by atoms with E-state index in [1.165, 1.54) is 22.3 Å². The van der Waals surface area contributed by atoms with Gasteiger partial charge in [-0.2, -0.15) is 0 Å². The Morgan fingerprint density at radius 1 is 0.744 bits per heavy atom. The van der Waals surface area contributed by atoms with Crippen molar-refractivity contribution in [2.24, 2.45) is 4.99 Å². The van der Waals surface area contributed by atoms with E-state index in [0.717, 1.165) is 64.5 Å². The molecule has 0 atom stereocenters. The van der Waals surface area contributed by atoms with Gasteiger partial charge in [0.15, 0.2) is 0 Å². The molecule has 0 unspecified atom stereocenters. The summed E-state index contributed by atoms with van der Waals surface area (Å²) in [4.78, 5) is 5.00. The molecule has 0 fully saturated rings. The molecule has 4 aromatic rings. The predicted octanol–water partition coefficient (Wildman–Crippen LogP) is 10.3. The van der Waals surface area contributed by atoms with Crippen LogP contribution in [0.25, 0.3) is 5.70 Å². The van der Waals surface area contributed by atoms with Crippen LogP contribution in [0.5, 0.6) is 0 Å². The second-order valence-electron chi connectivity index (χ2n) is 11.1. The molecule has 0 amide bonds. The standard InChI is InChI=1S/C40H39ClN2/c1-30-16-20-34(21-17-30)38(42-28-32-10-5-3-6-11-32)26-24-36-14-9-15-37(40(36)41)25-27-39(35-22-18-31(2)19-23-35)43-29-33-12-7-4-8-13-33/h3-8,10-13,16-27,42H,9,14-15,28-29H2,1-2H3/b27-25+,36-24+,38-26+,43-39?. The summed E-state index contributed by atoms with van der Waals surface area (Å²) in [7, 11) is 0. The zero-order chi connectivity index (χ0) is 29.9. The SMILES string of the molecule is Cc1ccc(C(/C=C/C2=C(Cl)C(=C/C=C(/NCc3ccccc3)c3ccc(C)cc3)/CCC2)=NCc2ccccc2)cc1. The van der Waals surface area contributed by atoms with Gasteiger partial charge in [-0.25, -0.2) is 0 Å². The number of halogens is 1. The summed E-state index contributed by atoms with van der Waals surface area (Å²) in [5.41, 5.74) is 11.5. The highest BCUT2D eigenvalue weighted by atomic mass is 35.5. The Morgan fingerprint density at radius 3 is 2.00 bits per heavy atom. The second-order valence-corrected chi connectivity index (χ2v) is 11.4. The molecular weight excluding hydrogens is 544 g/mol. The first-order chi connectivity index (χ1) is 21.0. The number of hydrogen-bond acceptors (Lipinski definition) is 2. The summed E-state index contributed by atoms with van der Waals surface area (Å²) in [5, 5.41) is 4.50. The maximum atomic E-state index is 7.07. The normalized spacial score (nSPS) is 15.4. The number of aliphatic imine (C=N–C) groups is 1. The fraction of sp³-hybridized carbons (Fsp3) is 0.175. The minimum absolute atomic E-state index is 0.634. The van der Waals surface area contributed by atoms with Crippen LogP contribution in [0, 0.1) is 13.8 Å². The quantitative estimate of drug-likeness (QED) is 0.185. The molecule has 1 aliphatic rings. The maximum absolute atomic E-state index is 7.07. The Balaban J connectivity index is 1.41. The maximum Gasteiger partial charge on any atom is 0.0650 e. The minimum atomic E-state index is 0.634.